The van der Waals surface area contributed by atoms with E-state index >= 15 is 0 Å². The van der Waals surface area contributed by atoms with Crippen LogP contribution in [0.5, 0.6) is 0 Å². The van der Waals surface area contributed by atoms with Gasteiger partial charge < -0.3 is 14.6 Å². The molecule has 1 aromatic carbocycles. The number of carbonyl (C=O) groups is 1. The number of para-hydroxylation sites is 1. The quantitative estimate of drug-likeness (QED) is 0.789. The molecule has 0 bridgehead atoms. The zero-order valence-corrected chi connectivity index (χ0v) is 14.2. The van der Waals surface area contributed by atoms with Crippen LogP contribution >= 0.6 is 0 Å². The summed E-state index contributed by atoms with van der Waals surface area (Å²) in [7, 11) is 0. The molecule has 4 rings (SSSR count). The third-order valence-corrected chi connectivity index (χ3v) is 4.54. The molecule has 130 valence electrons. The average molecular weight is 339 g/mol. The molecule has 1 aliphatic rings. The highest BCUT2D eigenvalue weighted by Gasteiger charge is 2.27. The van der Waals surface area contributed by atoms with Crippen LogP contribution in [-0.4, -0.2) is 50.3 Å². The van der Waals surface area contributed by atoms with Gasteiger partial charge in [0.05, 0.1) is 31.4 Å². The number of fused-ring (bicyclic) bond motifs is 1. The highest BCUT2D eigenvalue weighted by molar-refractivity contribution is 5.79. The Hall–Kier alpha value is -2.67. The van der Waals surface area contributed by atoms with Crippen LogP contribution in [0.15, 0.2) is 36.7 Å². The second kappa shape index (κ2) is 6.68. The number of nitrogens with one attached hydrogen (secondary N) is 1. The van der Waals surface area contributed by atoms with Crippen molar-refractivity contribution in [3.05, 3.63) is 48.2 Å². The Morgan fingerprint density at radius 3 is 3.08 bits per heavy atom. The Kier molecular flexibility index (Phi) is 4.23. The number of H-pyrrole nitrogens is 1. The maximum Gasteiger partial charge on any atom is 0.224 e. The standard InChI is InChI=1S/C18H21N5O2/c1-13-10-19-18(21-13)16-12-22(8-9-25-16)17(24)6-7-23-15-5-3-2-4-14(15)11-20-23/h2-5,10-11,16H,6-9,12H2,1H3,(H,19,21)/t16-/m1/s1. The van der Waals surface area contributed by atoms with Gasteiger partial charge in [-0.05, 0) is 13.0 Å². The van der Waals surface area contributed by atoms with Gasteiger partial charge in [0.1, 0.15) is 11.9 Å². The lowest BCUT2D eigenvalue weighted by Crippen LogP contribution is -2.42. The van der Waals surface area contributed by atoms with E-state index in [1.54, 1.807) is 6.20 Å². The highest BCUT2D eigenvalue weighted by atomic mass is 16.5. The summed E-state index contributed by atoms with van der Waals surface area (Å²) in [5, 5.41) is 5.48. The molecule has 0 spiro atoms. The van der Waals surface area contributed by atoms with E-state index in [0.29, 0.717) is 32.7 Å². The Balaban J connectivity index is 1.39. The number of nitrogens with zero attached hydrogens (tertiary/aromatic N) is 4. The van der Waals surface area contributed by atoms with Gasteiger partial charge >= 0.3 is 0 Å². The molecule has 1 amide bonds. The molecule has 0 saturated carbocycles. The summed E-state index contributed by atoms with van der Waals surface area (Å²) in [6.07, 6.45) is 3.86. The molecule has 0 aliphatic carbocycles. The van der Waals surface area contributed by atoms with Crippen molar-refractivity contribution in [2.45, 2.75) is 26.0 Å². The molecule has 0 radical (unpaired) electrons. The predicted octanol–water partition coefficient (Wildman–Crippen LogP) is 2.06. The largest absolute Gasteiger partial charge is 0.367 e. The summed E-state index contributed by atoms with van der Waals surface area (Å²) in [6, 6.07) is 8.03. The Bertz CT molecular complexity index is 884. The number of aromatic amines is 1. The Labute approximate surface area is 145 Å². The Morgan fingerprint density at radius 1 is 1.36 bits per heavy atom. The van der Waals surface area contributed by atoms with E-state index in [1.165, 1.54) is 0 Å². The van der Waals surface area contributed by atoms with Gasteiger partial charge in [-0.25, -0.2) is 4.98 Å². The second-order valence-corrected chi connectivity index (χ2v) is 6.33. The number of imidazole rings is 1. The Morgan fingerprint density at radius 2 is 2.24 bits per heavy atom. The maximum absolute atomic E-state index is 12.6. The number of ether oxygens (including phenoxy) is 1. The zero-order valence-electron chi connectivity index (χ0n) is 14.2. The SMILES string of the molecule is Cc1cnc([C@H]2CN(C(=O)CCn3ncc4ccccc43)CCO2)[nH]1. The summed E-state index contributed by atoms with van der Waals surface area (Å²) in [5.41, 5.74) is 2.05. The van der Waals surface area contributed by atoms with Crippen molar-refractivity contribution in [2.24, 2.45) is 0 Å². The van der Waals surface area contributed by atoms with Crippen LogP contribution in [0.3, 0.4) is 0 Å². The molecule has 2 aromatic heterocycles. The van der Waals surface area contributed by atoms with Crippen molar-refractivity contribution >= 4 is 16.8 Å². The molecule has 1 aliphatic heterocycles. The predicted molar refractivity (Wildman–Crippen MR) is 92.9 cm³/mol. The number of hydrogen-bond acceptors (Lipinski definition) is 4. The van der Waals surface area contributed by atoms with E-state index in [9.17, 15) is 4.79 Å². The van der Waals surface area contributed by atoms with Crippen LogP contribution in [0, 0.1) is 6.92 Å². The molecule has 1 fully saturated rings. The minimum Gasteiger partial charge on any atom is -0.367 e. The van der Waals surface area contributed by atoms with Gasteiger partial charge in [-0.15, -0.1) is 0 Å². The average Bonchev–Trinajstić information content (AvgIpc) is 3.26. The van der Waals surface area contributed by atoms with Crippen molar-refractivity contribution in [3.8, 4) is 0 Å². The molecule has 1 N–H and O–H groups in total. The molecule has 7 heteroatoms. The van der Waals surface area contributed by atoms with Crippen molar-refractivity contribution < 1.29 is 9.53 Å². The number of morpholine rings is 1. The van der Waals surface area contributed by atoms with E-state index in [1.807, 2.05) is 47.0 Å². The van der Waals surface area contributed by atoms with E-state index in [-0.39, 0.29) is 12.0 Å². The maximum atomic E-state index is 12.6. The molecule has 1 saturated heterocycles. The van der Waals surface area contributed by atoms with Crippen molar-refractivity contribution in [1.82, 2.24) is 24.6 Å². The normalized spacial score (nSPS) is 18.0. The first-order valence-corrected chi connectivity index (χ1v) is 8.52. The molecule has 3 heterocycles. The van der Waals surface area contributed by atoms with Crippen molar-refractivity contribution in [3.63, 3.8) is 0 Å². The fourth-order valence-electron chi connectivity index (χ4n) is 3.20. The fourth-order valence-corrected chi connectivity index (χ4v) is 3.20. The van der Waals surface area contributed by atoms with E-state index in [0.717, 1.165) is 22.4 Å². The van der Waals surface area contributed by atoms with Gasteiger partial charge in [-0.3, -0.25) is 9.48 Å². The number of carbonyl (C=O) groups excluding carboxylic acids is 1. The monoisotopic (exact) mass is 339 g/mol. The number of amides is 1. The first kappa shape index (κ1) is 15.8. The lowest BCUT2D eigenvalue weighted by Gasteiger charge is -2.32. The first-order valence-electron chi connectivity index (χ1n) is 8.52. The zero-order chi connectivity index (χ0) is 17.2. The van der Waals surface area contributed by atoms with Crippen molar-refractivity contribution in [2.75, 3.05) is 19.7 Å². The highest BCUT2D eigenvalue weighted by Crippen LogP contribution is 2.20. The lowest BCUT2D eigenvalue weighted by atomic mass is 10.2. The molecular formula is C18H21N5O2. The molecule has 1 atom stereocenters. The smallest absolute Gasteiger partial charge is 0.224 e. The lowest BCUT2D eigenvalue weighted by molar-refractivity contribution is -0.139. The molecule has 3 aromatic rings. The van der Waals surface area contributed by atoms with Crippen LogP contribution in [0.2, 0.25) is 0 Å². The molecule has 25 heavy (non-hydrogen) atoms. The number of benzene rings is 1. The number of hydrogen-bond donors (Lipinski definition) is 1. The number of rotatable bonds is 4. The van der Waals surface area contributed by atoms with Crippen LogP contribution in [0.4, 0.5) is 0 Å². The van der Waals surface area contributed by atoms with Crippen LogP contribution in [0.25, 0.3) is 10.9 Å². The molecular weight excluding hydrogens is 318 g/mol. The summed E-state index contributed by atoms with van der Waals surface area (Å²) in [4.78, 5) is 22.0. The van der Waals surface area contributed by atoms with Gasteiger partial charge in [-0.2, -0.15) is 5.10 Å². The summed E-state index contributed by atoms with van der Waals surface area (Å²) in [6.45, 7) is 4.21. The van der Waals surface area contributed by atoms with E-state index in [4.69, 9.17) is 4.74 Å². The third-order valence-electron chi connectivity index (χ3n) is 4.54. The van der Waals surface area contributed by atoms with Crippen LogP contribution < -0.4 is 0 Å². The van der Waals surface area contributed by atoms with Crippen molar-refractivity contribution in [1.29, 1.82) is 0 Å². The van der Waals surface area contributed by atoms with Crippen LogP contribution in [-0.2, 0) is 16.1 Å². The van der Waals surface area contributed by atoms with Gasteiger partial charge in [0, 0.05) is 30.2 Å². The minimum absolute atomic E-state index is 0.121. The van der Waals surface area contributed by atoms with E-state index < -0.39 is 0 Å². The minimum atomic E-state index is -0.183. The topological polar surface area (TPSA) is 76.0 Å². The summed E-state index contributed by atoms with van der Waals surface area (Å²) >= 11 is 0. The summed E-state index contributed by atoms with van der Waals surface area (Å²) < 4.78 is 7.65. The summed E-state index contributed by atoms with van der Waals surface area (Å²) in [5.74, 6) is 0.907. The number of aryl methyl sites for hydroxylation is 2. The second-order valence-electron chi connectivity index (χ2n) is 6.33. The molecule has 0 unspecified atom stereocenters. The van der Waals surface area contributed by atoms with Crippen LogP contribution in [0.1, 0.15) is 24.0 Å². The van der Waals surface area contributed by atoms with E-state index in [2.05, 4.69) is 15.1 Å². The first-order chi connectivity index (χ1) is 12.2. The fraction of sp³-hybridized carbons (Fsp3) is 0.389. The van der Waals surface area contributed by atoms with Gasteiger partial charge in [0.15, 0.2) is 0 Å². The van der Waals surface area contributed by atoms with Gasteiger partial charge in [-0.1, -0.05) is 18.2 Å². The number of aromatic nitrogens is 4. The third kappa shape index (κ3) is 3.28. The van der Waals surface area contributed by atoms with Gasteiger partial charge in [0.2, 0.25) is 5.91 Å². The molecule has 7 nitrogen and oxygen atoms in total. The van der Waals surface area contributed by atoms with Gasteiger partial charge in [0.25, 0.3) is 0 Å².